The van der Waals surface area contributed by atoms with Gasteiger partial charge in [0.1, 0.15) is 0 Å². The van der Waals surface area contributed by atoms with Crippen molar-refractivity contribution in [2.75, 3.05) is 13.2 Å². The molecule has 1 aliphatic rings. The summed E-state index contributed by atoms with van der Waals surface area (Å²) in [6.45, 7) is 5.67. The highest BCUT2D eigenvalue weighted by molar-refractivity contribution is 4.80. The van der Waals surface area contributed by atoms with E-state index in [1.807, 2.05) is 6.92 Å². The molecule has 0 saturated heterocycles. The van der Waals surface area contributed by atoms with E-state index >= 15 is 0 Å². The van der Waals surface area contributed by atoms with Crippen LogP contribution in [0, 0.1) is 0 Å². The second-order valence-electron chi connectivity index (χ2n) is 4.13. The number of nitrogens with one attached hydrogen (secondary N) is 1. The molecule has 1 rings (SSSR count). The molecule has 1 fully saturated rings. The summed E-state index contributed by atoms with van der Waals surface area (Å²) in [6.07, 6.45) is 4.53. The van der Waals surface area contributed by atoms with Crippen molar-refractivity contribution in [1.82, 2.24) is 5.32 Å². The SMILES string of the molecule is CCOC(C)CN[C@H]1CCCC[C@@H]1O. The van der Waals surface area contributed by atoms with E-state index in [1.165, 1.54) is 12.8 Å². The van der Waals surface area contributed by atoms with Gasteiger partial charge in [-0.05, 0) is 26.7 Å². The summed E-state index contributed by atoms with van der Waals surface area (Å²) in [4.78, 5) is 0. The third-order valence-electron chi connectivity index (χ3n) is 2.85. The maximum atomic E-state index is 9.71. The molecule has 0 spiro atoms. The smallest absolute Gasteiger partial charge is 0.0693 e. The highest BCUT2D eigenvalue weighted by Crippen LogP contribution is 2.18. The van der Waals surface area contributed by atoms with Gasteiger partial charge in [0.2, 0.25) is 0 Å². The lowest BCUT2D eigenvalue weighted by Gasteiger charge is -2.29. The van der Waals surface area contributed by atoms with Crippen LogP contribution >= 0.6 is 0 Å². The van der Waals surface area contributed by atoms with E-state index in [-0.39, 0.29) is 18.2 Å². The number of aliphatic hydroxyl groups is 1. The molecule has 0 aromatic rings. The van der Waals surface area contributed by atoms with Crippen molar-refractivity contribution in [3.8, 4) is 0 Å². The predicted molar refractivity (Wildman–Crippen MR) is 57.4 cm³/mol. The molecule has 84 valence electrons. The Bertz CT molecular complexity index is 152. The normalized spacial score (nSPS) is 30.2. The maximum absolute atomic E-state index is 9.71. The van der Waals surface area contributed by atoms with Crippen LogP contribution in [0.4, 0.5) is 0 Å². The van der Waals surface area contributed by atoms with E-state index in [4.69, 9.17) is 4.74 Å². The first-order valence-electron chi connectivity index (χ1n) is 5.77. The molecule has 1 saturated carbocycles. The van der Waals surface area contributed by atoms with Crippen molar-refractivity contribution >= 4 is 0 Å². The second kappa shape index (κ2) is 6.38. The summed E-state index contributed by atoms with van der Waals surface area (Å²) in [5.74, 6) is 0. The van der Waals surface area contributed by atoms with Crippen molar-refractivity contribution < 1.29 is 9.84 Å². The van der Waals surface area contributed by atoms with Crippen molar-refractivity contribution in [2.24, 2.45) is 0 Å². The Balaban J connectivity index is 2.15. The van der Waals surface area contributed by atoms with Gasteiger partial charge in [-0.1, -0.05) is 12.8 Å². The van der Waals surface area contributed by atoms with Crippen LogP contribution in [-0.2, 0) is 4.74 Å². The molecule has 0 aromatic heterocycles. The zero-order chi connectivity index (χ0) is 10.4. The van der Waals surface area contributed by atoms with Crippen LogP contribution in [0.3, 0.4) is 0 Å². The summed E-state index contributed by atoms with van der Waals surface area (Å²) < 4.78 is 5.42. The molecule has 0 bridgehead atoms. The van der Waals surface area contributed by atoms with E-state index in [9.17, 15) is 5.11 Å². The van der Waals surface area contributed by atoms with E-state index in [1.54, 1.807) is 0 Å². The van der Waals surface area contributed by atoms with Crippen molar-refractivity contribution in [3.05, 3.63) is 0 Å². The van der Waals surface area contributed by atoms with E-state index in [2.05, 4.69) is 12.2 Å². The van der Waals surface area contributed by atoms with Gasteiger partial charge in [0.05, 0.1) is 12.2 Å². The topological polar surface area (TPSA) is 41.5 Å². The molecule has 0 aliphatic heterocycles. The van der Waals surface area contributed by atoms with E-state index in [0.717, 1.165) is 26.0 Å². The monoisotopic (exact) mass is 201 g/mol. The summed E-state index contributed by atoms with van der Waals surface area (Å²) in [5.41, 5.74) is 0. The summed E-state index contributed by atoms with van der Waals surface area (Å²) in [7, 11) is 0. The van der Waals surface area contributed by atoms with E-state index in [0.29, 0.717) is 0 Å². The van der Waals surface area contributed by atoms with Crippen LogP contribution in [0.1, 0.15) is 39.5 Å². The van der Waals surface area contributed by atoms with Gasteiger partial charge >= 0.3 is 0 Å². The predicted octanol–water partition coefficient (Wildman–Crippen LogP) is 1.30. The molecule has 0 heterocycles. The standard InChI is InChI=1S/C11H23NO2/c1-3-14-9(2)8-12-10-6-4-5-7-11(10)13/h9-13H,3-8H2,1-2H3/t9?,10-,11-/m0/s1. The minimum absolute atomic E-state index is 0.155. The Hall–Kier alpha value is -0.120. The first-order valence-corrected chi connectivity index (χ1v) is 5.77. The Labute approximate surface area is 86.8 Å². The molecule has 14 heavy (non-hydrogen) atoms. The van der Waals surface area contributed by atoms with Gasteiger partial charge in [-0.2, -0.15) is 0 Å². The zero-order valence-electron chi connectivity index (χ0n) is 9.33. The number of hydrogen-bond donors (Lipinski definition) is 2. The molecule has 0 radical (unpaired) electrons. The molecule has 1 aliphatic carbocycles. The highest BCUT2D eigenvalue weighted by atomic mass is 16.5. The van der Waals surface area contributed by atoms with Gasteiger partial charge in [-0.15, -0.1) is 0 Å². The fraction of sp³-hybridized carbons (Fsp3) is 1.00. The van der Waals surface area contributed by atoms with Crippen LogP contribution in [0.2, 0.25) is 0 Å². The Morgan fingerprint density at radius 3 is 2.79 bits per heavy atom. The molecule has 0 aromatic carbocycles. The molecular weight excluding hydrogens is 178 g/mol. The van der Waals surface area contributed by atoms with Crippen molar-refractivity contribution in [1.29, 1.82) is 0 Å². The minimum Gasteiger partial charge on any atom is -0.392 e. The fourth-order valence-corrected chi connectivity index (χ4v) is 2.01. The summed E-state index contributed by atoms with van der Waals surface area (Å²) >= 11 is 0. The number of rotatable bonds is 5. The van der Waals surface area contributed by atoms with Crippen molar-refractivity contribution in [3.63, 3.8) is 0 Å². The average Bonchev–Trinajstić information content (AvgIpc) is 2.17. The largest absolute Gasteiger partial charge is 0.392 e. The van der Waals surface area contributed by atoms with Crippen LogP contribution in [-0.4, -0.2) is 36.5 Å². The number of ether oxygens (including phenoxy) is 1. The molecule has 3 atom stereocenters. The molecule has 2 N–H and O–H groups in total. The molecule has 0 amide bonds. The molecule has 3 heteroatoms. The Kier molecular flexibility index (Phi) is 5.45. The highest BCUT2D eigenvalue weighted by Gasteiger charge is 2.22. The Morgan fingerprint density at radius 2 is 2.14 bits per heavy atom. The van der Waals surface area contributed by atoms with Crippen molar-refractivity contribution in [2.45, 2.75) is 57.8 Å². The van der Waals surface area contributed by atoms with Gasteiger partial charge in [0.25, 0.3) is 0 Å². The third-order valence-corrected chi connectivity index (χ3v) is 2.85. The fourth-order valence-electron chi connectivity index (χ4n) is 2.01. The lowest BCUT2D eigenvalue weighted by atomic mass is 9.92. The number of hydrogen-bond acceptors (Lipinski definition) is 3. The first-order chi connectivity index (χ1) is 6.74. The second-order valence-corrected chi connectivity index (χ2v) is 4.13. The first kappa shape index (κ1) is 12.0. The Morgan fingerprint density at radius 1 is 1.43 bits per heavy atom. The summed E-state index contributed by atoms with van der Waals surface area (Å²) in [6, 6.07) is 0.284. The van der Waals surface area contributed by atoms with Gasteiger partial charge < -0.3 is 15.2 Å². The van der Waals surface area contributed by atoms with Gasteiger partial charge in [-0.3, -0.25) is 0 Å². The zero-order valence-corrected chi connectivity index (χ0v) is 9.33. The number of aliphatic hydroxyl groups excluding tert-OH is 1. The third kappa shape index (κ3) is 3.95. The summed E-state index contributed by atoms with van der Waals surface area (Å²) in [5, 5.41) is 13.1. The van der Waals surface area contributed by atoms with Gasteiger partial charge in [0.15, 0.2) is 0 Å². The van der Waals surface area contributed by atoms with Gasteiger partial charge in [0, 0.05) is 19.2 Å². The molecule has 1 unspecified atom stereocenters. The van der Waals surface area contributed by atoms with E-state index < -0.39 is 0 Å². The lowest BCUT2D eigenvalue weighted by molar-refractivity contribution is 0.0539. The lowest BCUT2D eigenvalue weighted by Crippen LogP contribution is -2.44. The van der Waals surface area contributed by atoms with Gasteiger partial charge in [-0.25, -0.2) is 0 Å². The molecular formula is C11H23NO2. The minimum atomic E-state index is -0.155. The maximum Gasteiger partial charge on any atom is 0.0693 e. The van der Waals surface area contributed by atoms with Crippen LogP contribution in [0.25, 0.3) is 0 Å². The molecule has 3 nitrogen and oxygen atoms in total. The van der Waals surface area contributed by atoms with Crippen LogP contribution in [0.5, 0.6) is 0 Å². The van der Waals surface area contributed by atoms with Crippen LogP contribution < -0.4 is 5.32 Å². The van der Waals surface area contributed by atoms with Crippen LogP contribution in [0.15, 0.2) is 0 Å². The average molecular weight is 201 g/mol. The quantitative estimate of drug-likeness (QED) is 0.704.